The molecule has 0 atom stereocenters. The molecule has 3 N–H and O–H groups in total. The third-order valence-corrected chi connectivity index (χ3v) is 3.42. The van der Waals surface area contributed by atoms with Crippen molar-refractivity contribution in [3.63, 3.8) is 0 Å². The van der Waals surface area contributed by atoms with E-state index in [2.05, 4.69) is 10.5 Å². The lowest BCUT2D eigenvalue weighted by Crippen LogP contribution is -2.25. The average molecular weight is 285 g/mol. The monoisotopic (exact) mass is 285 g/mol. The van der Waals surface area contributed by atoms with E-state index in [4.69, 9.17) is 5.73 Å². The number of aromatic nitrogens is 1. The van der Waals surface area contributed by atoms with Gasteiger partial charge in [-0.05, 0) is 26.2 Å². The van der Waals surface area contributed by atoms with Crippen molar-refractivity contribution in [1.29, 1.82) is 0 Å². The number of benzene rings is 1. The van der Waals surface area contributed by atoms with Gasteiger partial charge >= 0.3 is 6.03 Å². The molecule has 0 fully saturated rings. The first-order valence-electron chi connectivity index (χ1n) is 6.45. The van der Waals surface area contributed by atoms with Gasteiger partial charge in [-0.15, -0.1) is 0 Å². The van der Waals surface area contributed by atoms with Crippen molar-refractivity contribution in [2.24, 2.45) is 10.8 Å². The van der Waals surface area contributed by atoms with Crippen molar-refractivity contribution in [3.05, 3.63) is 35.0 Å². The topological polar surface area (TPSA) is 92.7 Å². The van der Waals surface area contributed by atoms with E-state index < -0.39 is 6.03 Å². The number of nitrogens with one attached hydrogen (secondary N) is 1. The summed E-state index contributed by atoms with van der Waals surface area (Å²) >= 11 is 0. The summed E-state index contributed by atoms with van der Waals surface area (Å²) in [6, 6.07) is 4.64. The first-order valence-corrected chi connectivity index (χ1v) is 6.45. The second-order valence-corrected chi connectivity index (χ2v) is 5.17. The number of hydrogen-bond acceptors (Lipinski definition) is 4. The van der Waals surface area contributed by atoms with Gasteiger partial charge < -0.3 is 10.6 Å². The quantitative estimate of drug-likeness (QED) is 0.851. The van der Waals surface area contributed by atoms with Gasteiger partial charge in [-0.25, -0.2) is 10.2 Å². The first kappa shape index (κ1) is 13.3. The Morgan fingerprint density at radius 2 is 2.19 bits per heavy atom. The van der Waals surface area contributed by atoms with Crippen LogP contribution in [0.2, 0.25) is 0 Å². The fourth-order valence-electron chi connectivity index (χ4n) is 2.67. The zero-order chi connectivity index (χ0) is 15.1. The van der Waals surface area contributed by atoms with Gasteiger partial charge in [0.2, 0.25) is 0 Å². The molecule has 108 valence electrons. The van der Waals surface area contributed by atoms with Crippen LogP contribution in [0.4, 0.5) is 4.79 Å². The summed E-state index contributed by atoms with van der Waals surface area (Å²) in [6.07, 6.45) is 1.56. The number of carbonyl (C=O) groups is 2. The molecule has 3 rings (SSSR count). The molecule has 7 nitrogen and oxygen atoms in total. The smallest absolute Gasteiger partial charge is 0.323 e. The lowest BCUT2D eigenvalue weighted by atomic mass is 10.1. The highest BCUT2D eigenvalue weighted by Gasteiger charge is 2.25. The Bertz CT molecular complexity index is 788. The van der Waals surface area contributed by atoms with Gasteiger partial charge in [0.15, 0.2) is 0 Å². The lowest BCUT2D eigenvalue weighted by Gasteiger charge is -2.12. The van der Waals surface area contributed by atoms with Crippen molar-refractivity contribution >= 4 is 29.1 Å². The fraction of sp³-hybridized carbons (Fsp3) is 0.214. The predicted molar refractivity (Wildman–Crippen MR) is 79.4 cm³/mol. The molecule has 0 spiro atoms. The third kappa shape index (κ3) is 1.98. The van der Waals surface area contributed by atoms with Crippen LogP contribution >= 0.6 is 0 Å². The van der Waals surface area contributed by atoms with E-state index in [1.165, 1.54) is 4.57 Å². The van der Waals surface area contributed by atoms with Crippen LogP contribution in [0.15, 0.2) is 23.3 Å². The van der Waals surface area contributed by atoms with E-state index in [-0.39, 0.29) is 5.91 Å². The highest BCUT2D eigenvalue weighted by Crippen LogP contribution is 2.29. The molecule has 0 bridgehead atoms. The van der Waals surface area contributed by atoms with Crippen LogP contribution in [0, 0.1) is 0 Å². The molecule has 21 heavy (non-hydrogen) atoms. The van der Waals surface area contributed by atoms with Crippen LogP contribution in [0.1, 0.15) is 21.6 Å². The van der Waals surface area contributed by atoms with Gasteiger partial charge in [-0.1, -0.05) is 6.07 Å². The summed E-state index contributed by atoms with van der Waals surface area (Å²) in [5.41, 5.74) is 10.6. The predicted octanol–water partition coefficient (Wildman–Crippen LogP) is 0.707. The molecule has 0 saturated heterocycles. The maximum absolute atomic E-state index is 12.0. The Balaban J connectivity index is 2.45. The van der Waals surface area contributed by atoms with Gasteiger partial charge in [-0.3, -0.25) is 9.36 Å². The number of primary amides is 1. The van der Waals surface area contributed by atoms with Crippen LogP contribution in [-0.4, -0.2) is 41.7 Å². The summed E-state index contributed by atoms with van der Waals surface area (Å²) in [4.78, 5) is 25.8. The maximum Gasteiger partial charge on any atom is 0.323 e. The Morgan fingerprint density at radius 3 is 2.86 bits per heavy atom. The van der Waals surface area contributed by atoms with Crippen molar-refractivity contribution in [2.45, 2.75) is 6.54 Å². The largest absolute Gasteiger partial charge is 0.351 e. The van der Waals surface area contributed by atoms with E-state index in [9.17, 15) is 9.59 Å². The third-order valence-electron chi connectivity index (χ3n) is 3.42. The van der Waals surface area contributed by atoms with E-state index in [1.54, 1.807) is 24.4 Å². The highest BCUT2D eigenvalue weighted by molar-refractivity contribution is 6.16. The fourth-order valence-corrected chi connectivity index (χ4v) is 2.67. The lowest BCUT2D eigenvalue weighted by molar-refractivity contribution is 0.0957. The molecular weight excluding hydrogens is 270 g/mol. The first-order chi connectivity index (χ1) is 10.0. The maximum atomic E-state index is 12.0. The van der Waals surface area contributed by atoms with Crippen LogP contribution in [-0.2, 0) is 6.54 Å². The SMILES string of the molecule is CN(C)Cc1c2c3c(cccc3n1C(N)=O)C(=O)NN=C2. The van der Waals surface area contributed by atoms with Gasteiger partial charge in [0.05, 0.1) is 23.0 Å². The van der Waals surface area contributed by atoms with Crippen LogP contribution in [0.25, 0.3) is 10.9 Å². The second kappa shape index (κ2) is 4.71. The van der Waals surface area contributed by atoms with E-state index in [0.29, 0.717) is 23.0 Å². The minimum atomic E-state index is -0.574. The standard InChI is InChI=1S/C14H15N5O2/c1-18(2)7-11-9-6-16-17-13(20)8-4-3-5-10(12(8)9)19(11)14(15)21/h3-6H,7H2,1-2H3,(H2,15,21)(H,17,20). The zero-order valence-electron chi connectivity index (χ0n) is 11.8. The van der Waals surface area contributed by atoms with Crippen LogP contribution < -0.4 is 11.2 Å². The second-order valence-electron chi connectivity index (χ2n) is 5.17. The van der Waals surface area contributed by atoms with Crippen molar-refractivity contribution in [3.8, 4) is 0 Å². The number of hydrogen-bond donors (Lipinski definition) is 2. The minimum Gasteiger partial charge on any atom is -0.351 e. The van der Waals surface area contributed by atoms with Crippen molar-refractivity contribution < 1.29 is 9.59 Å². The number of nitrogens with zero attached hydrogens (tertiary/aromatic N) is 3. The van der Waals surface area contributed by atoms with Crippen molar-refractivity contribution in [1.82, 2.24) is 14.9 Å². The molecule has 2 heterocycles. The average Bonchev–Trinajstić information content (AvgIpc) is 2.60. The number of amides is 2. The Morgan fingerprint density at radius 1 is 1.43 bits per heavy atom. The Labute approximate surface area is 121 Å². The van der Waals surface area contributed by atoms with Crippen molar-refractivity contribution in [2.75, 3.05) is 14.1 Å². The summed E-state index contributed by atoms with van der Waals surface area (Å²) in [5, 5.41) is 4.62. The van der Waals surface area contributed by atoms with Crippen LogP contribution in [0.5, 0.6) is 0 Å². The van der Waals surface area contributed by atoms with E-state index >= 15 is 0 Å². The summed E-state index contributed by atoms with van der Waals surface area (Å²) in [6.45, 7) is 0.507. The summed E-state index contributed by atoms with van der Waals surface area (Å²) in [7, 11) is 3.79. The normalized spacial score (nSPS) is 13.6. The number of hydrazone groups is 1. The molecule has 0 unspecified atom stereocenters. The molecule has 1 aliphatic rings. The number of rotatable bonds is 2. The molecule has 1 aromatic carbocycles. The van der Waals surface area contributed by atoms with Gasteiger partial charge in [0.1, 0.15) is 0 Å². The molecule has 0 radical (unpaired) electrons. The van der Waals surface area contributed by atoms with E-state index in [1.807, 2.05) is 19.0 Å². The van der Waals surface area contributed by atoms with Gasteiger partial charge in [-0.2, -0.15) is 5.10 Å². The van der Waals surface area contributed by atoms with Gasteiger partial charge in [0, 0.05) is 17.5 Å². The number of nitrogens with two attached hydrogens (primary N) is 1. The molecule has 7 heteroatoms. The zero-order valence-corrected chi connectivity index (χ0v) is 11.8. The Hall–Kier alpha value is -2.67. The summed E-state index contributed by atoms with van der Waals surface area (Å²) in [5.74, 6) is -0.298. The minimum absolute atomic E-state index is 0.298. The molecule has 0 aliphatic carbocycles. The molecular formula is C14H15N5O2. The molecule has 2 aromatic rings. The molecule has 1 aliphatic heterocycles. The van der Waals surface area contributed by atoms with Gasteiger partial charge in [0.25, 0.3) is 5.91 Å². The highest BCUT2D eigenvalue weighted by atomic mass is 16.2. The Kier molecular flexibility index (Phi) is 2.99. The molecule has 0 saturated carbocycles. The number of carbonyl (C=O) groups excluding carboxylic acids is 2. The summed E-state index contributed by atoms with van der Waals surface area (Å²) < 4.78 is 1.44. The molecule has 2 amide bonds. The molecule has 1 aromatic heterocycles. The van der Waals surface area contributed by atoms with Crippen LogP contribution in [0.3, 0.4) is 0 Å². The van der Waals surface area contributed by atoms with E-state index in [0.717, 1.165) is 11.3 Å².